The van der Waals surface area contributed by atoms with Crippen molar-refractivity contribution in [2.24, 2.45) is 11.8 Å². The molecule has 0 aliphatic heterocycles. The summed E-state index contributed by atoms with van der Waals surface area (Å²) in [5, 5.41) is 0. The van der Waals surface area contributed by atoms with Crippen LogP contribution in [0.25, 0.3) is 11.1 Å². The van der Waals surface area contributed by atoms with Crippen molar-refractivity contribution in [2.45, 2.75) is 102 Å². The highest BCUT2D eigenvalue weighted by Gasteiger charge is 2.29. The van der Waals surface area contributed by atoms with Gasteiger partial charge in [0.2, 0.25) is 0 Å². The minimum Gasteiger partial charge on any atom is -0.204 e. The molecule has 0 aromatic heterocycles. The van der Waals surface area contributed by atoms with Crippen molar-refractivity contribution in [3.63, 3.8) is 0 Å². The molecular formula is C36H42F4. The van der Waals surface area contributed by atoms with Gasteiger partial charge in [-0.05, 0) is 109 Å². The van der Waals surface area contributed by atoms with Crippen molar-refractivity contribution in [1.29, 1.82) is 0 Å². The third kappa shape index (κ3) is 7.36. The minimum absolute atomic E-state index is 0.435. The summed E-state index contributed by atoms with van der Waals surface area (Å²) in [5.41, 5.74) is 4.02. The van der Waals surface area contributed by atoms with Gasteiger partial charge in [0.25, 0.3) is 0 Å². The van der Waals surface area contributed by atoms with Gasteiger partial charge in [0.15, 0.2) is 23.3 Å². The quantitative estimate of drug-likeness (QED) is 0.283. The van der Waals surface area contributed by atoms with Crippen LogP contribution in [-0.4, -0.2) is 0 Å². The summed E-state index contributed by atoms with van der Waals surface area (Å²) in [4.78, 5) is 0. The molecule has 0 nitrogen and oxygen atoms in total. The molecule has 3 aliphatic carbocycles. The van der Waals surface area contributed by atoms with Crippen LogP contribution in [0, 0.1) is 35.1 Å². The molecule has 3 aliphatic rings. The van der Waals surface area contributed by atoms with Crippen LogP contribution in [0.15, 0.2) is 60.7 Å². The summed E-state index contributed by atoms with van der Waals surface area (Å²) >= 11 is 0. The van der Waals surface area contributed by atoms with Gasteiger partial charge < -0.3 is 0 Å². The first kappa shape index (κ1) is 28.9. The van der Waals surface area contributed by atoms with Crippen molar-refractivity contribution in [1.82, 2.24) is 0 Å². The second-order valence-corrected chi connectivity index (χ2v) is 12.3. The smallest absolute Gasteiger partial charge is 0.159 e. The Bertz CT molecular complexity index is 1210. The summed E-state index contributed by atoms with van der Waals surface area (Å²) in [5.74, 6) is -0.0906. The Kier molecular flexibility index (Phi) is 9.99. The van der Waals surface area contributed by atoms with Crippen molar-refractivity contribution in [3.8, 4) is 11.1 Å². The van der Waals surface area contributed by atoms with E-state index in [0.29, 0.717) is 11.8 Å². The van der Waals surface area contributed by atoms with E-state index >= 15 is 0 Å². The van der Waals surface area contributed by atoms with Gasteiger partial charge in [-0.3, -0.25) is 0 Å². The van der Waals surface area contributed by atoms with E-state index in [1.165, 1.54) is 107 Å². The first-order valence-electron chi connectivity index (χ1n) is 15.5. The molecule has 40 heavy (non-hydrogen) atoms. The lowest BCUT2D eigenvalue weighted by molar-refractivity contribution is 0.186. The molecule has 6 rings (SSSR count). The zero-order valence-corrected chi connectivity index (χ0v) is 23.5. The zero-order chi connectivity index (χ0) is 27.9. The normalized spacial score (nSPS) is 22.4. The molecule has 0 amide bonds. The maximum atomic E-state index is 13.3. The van der Waals surface area contributed by atoms with E-state index in [0.717, 1.165) is 41.4 Å². The Morgan fingerprint density at radius 3 is 1.45 bits per heavy atom. The molecule has 0 unspecified atom stereocenters. The lowest BCUT2D eigenvalue weighted by Gasteiger charge is -2.36. The van der Waals surface area contributed by atoms with E-state index in [1.807, 2.05) is 12.1 Å². The Balaban J connectivity index is 0.000000161. The molecule has 4 heteroatoms. The molecule has 0 heterocycles. The molecule has 3 aromatic carbocycles. The summed E-state index contributed by atoms with van der Waals surface area (Å²) in [6.45, 7) is 0. The number of hydrogen-bond acceptors (Lipinski definition) is 0. The summed E-state index contributed by atoms with van der Waals surface area (Å²) in [6, 6.07) is 16.8. The van der Waals surface area contributed by atoms with Gasteiger partial charge in [0.05, 0.1) is 0 Å². The fourth-order valence-corrected chi connectivity index (χ4v) is 7.36. The van der Waals surface area contributed by atoms with Crippen LogP contribution in [0.1, 0.15) is 113 Å². The molecule has 0 bridgehead atoms. The predicted octanol–water partition coefficient (Wildman–Crippen LogP) is 11.5. The van der Waals surface area contributed by atoms with E-state index < -0.39 is 23.3 Å². The second-order valence-electron chi connectivity index (χ2n) is 12.3. The predicted molar refractivity (Wildman–Crippen MR) is 155 cm³/mol. The summed E-state index contributed by atoms with van der Waals surface area (Å²) in [7, 11) is 0. The number of benzene rings is 3. The maximum absolute atomic E-state index is 13.3. The molecule has 0 radical (unpaired) electrons. The molecule has 0 saturated heterocycles. The van der Waals surface area contributed by atoms with Gasteiger partial charge in [0, 0.05) is 0 Å². The topological polar surface area (TPSA) is 0 Å². The first-order chi connectivity index (χ1) is 19.5. The third-order valence-electron chi connectivity index (χ3n) is 9.74. The van der Waals surface area contributed by atoms with E-state index in [4.69, 9.17) is 0 Å². The molecular weight excluding hydrogens is 508 g/mol. The summed E-state index contributed by atoms with van der Waals surface area (Å²) in [6.07, 6.45) is 18.4. The van der Waals surface area contributed by atoms with Crippen LogP contribution in [0.4, 0.5) is 17.6 Å². The van der Waals surface area contributed by atoms with Gasteiger partial charge in [-0.1, -0.05) is 87.8 Å². The Labute approximate surface area is 237 Å². The Hall–Kier alpha value is -2.62. The van der Waals surface area contributed by atoms with Gasteiger partial charge in [-0.15, -0.1) is 0 Å². The standard InChI is InChI=1S/C18H24F2.C18H18F2/c2*19-17-11-10-16(12-18(17)20)15-8-6-14(7-9-15)13-4-2-1-3-5-13/h10-15H,1-9H2;6-13H,1-5H2. The van der Waals surface area contributed by atoms with Crippen LogP contribution < -0.4 is 0 Å². The molecule has 214 valence electrons. The van der Waals surface area contributed by atoms with E-state index in [-0.39, 0.29) is 0 Å². The van der Waals surface area contributed by atoms with Crippen molar-refractivity contribution in [2.75, 3.05) is 0 Å². The van der Waals surface area contributed by atoms with Crippen LogP contribution in [-0.2, 0) is 0 Å². The first-order valence-corrected chi connectivity index (χ1v) is 15.5. The van der Waals surface area contributed by atoms with Crippen LogP contribution in [0.3, 0.4) is 0 Å². The van der Waals surface area contributed by atoms with E-state index in [9.17, 15) is 17.6 Å². The van der Waals surface area contributed by atoms with Gasteiger partial charge >= 0.3 is 0 Å². The number of hydrogen-bond donors (Lipinski definition) is 0. The van der Waals surface area contributed by atoms with Crippen molar-refractivity contribution < 1.29 is 17.6 Å². The lowest BCUT2D eigenvalue weighted by Crippen LogP contribution is -2.23. The fourth-order valence-electron chi connectivity index (χ4n) is 7.36. The molecule has 0 spiro atoms. The largest absolute Gasteiger partial charge is 0.204 e. The average molecular weight is 551 g/mol. The van der Waals surface area contributed by atoms with Gasteiger partial charge in [0.1, 0.15) is 0 Å². The Morgan fingerprint density at radius 1 is 0.375 bits per heavy atom. The maximum Gasteiger partial charge on any atom is 0.159 e. The average Bonchev–Trinajstić information content (AvgIpc) is 3.01. The number of rotatable bonds is 4. The van der Waals surface area contributed by atoms with Crippen molar-refractivity contribution in [3.05, 3.63) is 95.1 Å². The highest BCUT2D eigenvalue weighted by atomic mass is 19.2. The lowest BCUT2D eigenvalue weighted by atomic mass is 9.70. The summed E-state index contributed by atoms with van der Waals surface area (Å²) < 4.78 is 52.5. The fraction of sp³-hybridized carbons (Fsp3) is 0.500. The monoisotopic (exact) mass is 550 g/mol. The van der Waals surface area contributed by atoms with E-state index in [1.54, 1.807) is 12.1 Å². The molecule has 3 aromatic rings. The zero-order valence-electron chi connectivity index (χ0n) is 23.5. The minimum atomic E-state index is -0.799. The van der Waals surface area contributed by atoms with Crippen LogP contribution >= 0.6 is 0 Å². The number of halogens is 4. The SMILES string of the molecule is Fc1ccc(-c2ccc(C3CCCCC3)cc2)cc1F.Fc1ccc(C2CCC(C3CCCCC3)CC2)cc1F. The van der Waals surface area contributed by atoms with Crippen LogP contribution in [0.5, 0.6) is 0 Å². The van der Waals surface area contributed by atoms with Gasteiger partial charge in [-0.25, -0.2) is 17.6 Å². The van der Waals surface area contributed by atoms with E-state index in [2.05, 4.69) is 12.1 Å². The molecule has 0 atom stereocenters. The molecule has 3 fully saturated rings. The molecule has 0 N–H and O–H groups in total. The highest BCUT2D eigenvalue weighted by molar-refractivity contribution is 5.63. The van der Waals surface area contributed by atoms with Crippen LogP contribution in [0.2, 0.25) is 0 Å². The second kappa shape index (κ2) is 13.8. The van der Waals surface area contributed by atoms with Crippen molar-refractivity contribution >= 4 is 0 Å². The Morgan fingerprint density at radius 2 is 0.850 bits per heavy atom. The third-order valence-corrected chi connectivity index (χ3v) is 9.74. The molecule has 3 saturated carbocycles. The highest BCUT2D eigenvalue weighted by Crippen LogP contribution is 2.43. The van der Waals surface area contributed by atoms with Gasteiger partial charge in [-0.2, -0.15) is 0 Å².